The van der Waals surface area contributed by atoms with Gasteiger partial charge in [-0.1, -0.05) is 42.5 Å². The first kappa shape index (κ1) is 20.2. The number of para-hydroxylation sites is 2. The highest BCUT2D eigenvalue weighted by Gasteiger charge is 2.47. The standard InChI is InChI=1S/C25H21NO5/c1-15-8-3-5-12-19(15)26-22(16-9-7-10-17(27)14-16)21(24(29)25(26)30)23(28)18-11-4-6-13-20(18)31-2/h3-14,22,27-28H,1-2H3/b23-21-. The summed E-state index contributed by atoms with van der Waals surface area (Å²) >= 11 is 0. The van der Waals surface area contributed by atoms with Gasteiger partial charge in [0.25, 0.3) is 11.7 Å². The number of phenols is 1. The lowest BCUT2D eigenvalue weighted by atomic mass is 9.94. The van der Waals surface area contributed by atoms with Crippen LogP contribution < -0.4 is 9.64 Å². The van der Waals surface area contributed by atoms with Gasteiger partial charge in [-0.05, 0) is 48.4 Å². The first-order valence-electron chi connectivity index (χ1n) is 9.73. The third-order valence-corrected chi connectivity index (χ3v) is 5.37. The summed E-state index contributed by atoms with van der Waals surface area (Å²) in [7, 11) is 1.46. The number of Topliss-reactive ketones (excluding diaryl/α,β-unsaturated/α-hetero) is 1. The number of aryl methyl sites for hydroxylation is 1. The Morgan fingerprint density at radius 3 is 2.39 bits per heavy atom. The summed E-state index contributed by atoms with van der Waals surface area (Å²) in [6.45, 7) is 1.84. The lowest BCUT2D eigenvalue weighted by Gasteiger charge is -2.27. The van der Waals surface area contributed by atoms with E-state index in [1.54, 1.807) is 48.5 Å². The summed E-state index contributed by atoms with van der Waals surface area (Å²) in [5, 5.41) is 21.2. The fourth-order valence-corrected chi connectivity index (χ4v) is 3.91. The Balaban J connectivity index is 2.01. The lowest BCUT2D eigenvalue weighted by molar-refractivity contribution is -0.132. The number of ether oxygens (including phenoxy) is 1. The monoisotopic (exact) mass is 415 g/mol. The Kier molecular flexibility index (Phi) is 5.21. The summed E-state index contributed by atoms with van der Waals surface area (Å²) in [5.41, 5.74) is 2.09. The summed E-state index contributed by atoms with van der Waals surface area (Å²) in [6, 6.07) is 19.3. The first-order chi connectivity index (χ1) is 14.9. The predicted molar refractivity (Wildman–Crippen MR) is 117 cm³/mol. The maximum atomic E-state index is 13.2. The van der Waals surface area contributed by atoms with Gasteiger partial charge in [0.1, 0.15) is 17.3 Å². The molecule has 0 radical (unpaired) electrons. The molecule has 0 aliphatic carbocycles. The van der Waals surface area contributed by atoms with E-state index in [0.29, 0.717) is 22.6 Å². The minimum Gasteiger partial charge on any atom is -0.508 e. The van der Waals surface area contributed by atoms with Gasteiger partial charge in [-0.15, -0.1) is 0 Å². The van der Waals surface area contributed by atoms with Gasteiger partial charge in [-0.25, -0.2) is 0 Å². The molecule has 6 nitrogen and oxygen atoms in total. The van der Waals surface area contributed by atoms with Crippen molar-refractivity contribution in [3.8, 4) is 11.5 Å². The highest BCUT2D eigenvalue weighted by atomic mass is 16.5. The molecule has 1 aliphatic rings. The van der Waals surface area contributed by atoms with Gasteiger partial charge in [-0.2, -0.15) is 0 Å². The molecule has 1 heterocycles. The number of nitrogens with zero attached hydrogens (tertiary/aromatic N) is 1. The van der Waals surface area contributed by atoms with Crippen LogP contribution in [0.2, 0.25) is 0 Å². The normalized spacial score (nSPS) is 17.7. The van der Waals surface area contributed by atoms with Gasteiger partial charge >= 0.3 is 0 Å². The summed E-state index contributed by atoms with van der Waals surface area (Å²) in [4.78, 5) is 27.7. The molecule has 1 fully saturated rings. The van der Waals surface area contributed by atoms with Crippen LogP contribution in [0.4, 0.5) is 5.69 Å². The third-order valence-electron chi connectivity index (χ3n) is 5.37. The second kappa shape index (κ2) is 7.99. The summed E-state index contributed by atoms with van der Waals surface area (Å²) < 4.78 is 5.33. The number of carbonyl (C=O) groups excluding carboxylic acids is 2. The highest BCUT2D eigenvalue weighted by Crippen LogP contribution is 2.44. The van der Waals surface area contributed by atoms with E-state index >= 15 is 0 Å². The molecular weight excluding hydrogens is 394 g/mol. The Bertz CT molecular complexity index is 1210. The fraction of sp³-hybridized carbons (Fsp3) is 0.120. The van der Waals surface area contributed by atoms with Crippen molar-refractivity contribution in [1.82, 2.24) is 0 Å². The number of aliphatic hydroxyl groups is 1. The van der Waals surface area contributed by atoms with E-state index in [9.17, 15) is 19.8 Å². The molecule has 31 heavy (non-hydrogen) atoms. The smallest absolute Gasteiger partial charge is 0.300 e. The first-order valence-corrected chi connectivity index (χ1v) is 9.73. The van der Waals surface area contributed by atoms with Gasteiger partial charge in [0, 0.05) is 5.69 Å². The zero-order valence-corrected chi connectivity index (χ0v) is 17.1. The van der Waals surface area contributed by atoms with Crippen molar-refractivity contribution in [2.75, 3.05) is 12.0 Å². The van der Waals surface area contributed by atoms with Gasteiger partial charge in [0.2, 0.25) is 0 Å². The van der Waals surface area contributed by atoms with Gasteiger partial charge < -0.3 is 14.9 Å². The van der Waals surface area contributed by atoms with Crippen molar-refractivity contribution in [3.63, 3.8) is 0 Å². The molecule has 6 heteroatoms. The molecule has 156 valence electrons. The largest absolute Gasteiger partial charge is 0.508 e. The van der Waals surface area contributed by atoms with Gasteiger partial charge in [0.05, 0.1) is 24.3 Å². The van der Waals surface area contributed by atoms with E-state index in [-0.39, 0.29) is 17.1 Å². The Hall–Kier alpha value is -4.06. The lowest BCUT2D eigenvalue weighted by Crippen LogP contribution is -2.30. The number of methoxy groups -OCH3 is 1. The molecule has 1 unspecified atom stereocenters. The number of aromatic hydroxyl groups is 1. The minimum atomic E-state index is -0.918. The van der Waals surface area contributed by atoms with E-state index in [0.717, 1.165) is 5.56 Å². The number of amides is 1. The SMILES string of the molecule is COc1ccccc1/C(O)=C1/C(=O)C(=O)N(c2ccccc2C)C1c1cccc(O)c1. The number of aliphatic hydroxyl groups excluding tert-OH is 1. The van der Waals surface area contributed by atoms with Crippen molar-refractivity contribution in [1.29, 1.82) is 0 Å². The van der Waals surface area contributed by atoms with E-state index in [1.165, 1.54) is 24.1 Å². The molecule has 0 bridgehead atoms. The van der Waals surface area contributed by atoms with Gasteiger partial charge in [0.15, 0.2) is 0 Å². The molecule has 1 saturated heterocycles. The second-order valence-corrected chi connectivity index (χ2v) is 7.25. The van der Waals surface area contributed by atoms with E-state index < -0.39 is 17.7 Å². The molecule has 0 aromatic heterocycles. The van der Waals surface area contributed by atoms with Crippen LogP contribution in [-0.4, -0.2) is 29.0 Å². The maximum Gasteiger partial charge on any atom is 0.300 e. The summed E-state index contributed by atoms with van der Waals surface area (Å²) in [5.74, 6) is -1.53. The van der Waals surface area contributed by atoms with Crippen LogP contribution in [0.5, 0.6) is 11.5 Å². The Morgan fingerprint density at radius 1 is 0.968 bits per heavy atom. The average molecular weight is 415 g/mol. The molecular formula is C25H21NO5. The topological polar surface area (TPSA) is 87.1 Å². The number of benzene rings is 3. The predicted octanol–water partition coefficient (Wildman–Crippen LogP) is 4.34. The number of phenolic OH excluding ortho intramolecular Hbond substituents is 1. The molecule has 1 amide bonds. The molecule has 0 spiro atoms. The maximum absolute atomic E-state index is 13.2. The van der Waals surface area contributed by atoms with Crippen molar-refractivity contribution >= 4 is 23.1 Å². The Morgan fingerprint density at radius 2 is 1.68 bits per heavy atom. The molecule has 4 rings (SSSR count). The van der Waals surface area contributed by atoms with Crippen molar-refractivity contribution in [2.45, 2.75) is 13.0 Å². The third kappa shape index (κ3) is 3.42. The second-order valence-electron chi connectivity index (χ2n) is 7.25. The van der Waals surface area contributed by atoms with E-state index in [2.05, 4.69) is 0 Å². The number of carbonyl (C=O) groups is 2. The number of rotatable bonds is 4. The molecule has 0 saturated carbocycles. The average Bonchev–Trinajstić information content (AvgIpc) is 3.04. The quantitative estimate of drug-likeness (QED) is 0.376. The molecule has 2 N–H and O–H groups in total. The van der Waals surface area contributed by atoms with Crippen LogP contribution in [0.25, 0.3) is 5.76 Å². The van der Waals surface area contributed by atoms with Crippen LogP contribution in [0, 0.1) is 6.92 Å². The van der Waals surface area contributed by atoms with Crippen molar-refractivity contribution in [3.05, 3.63) is 95.1 Å². The van der Waals surface area contributed by atoms with Crippen LogP contribution in [0.1, 0.15) is 22.7 Å². The number of ketones is 1. The molecule has 1 atom stereocenters. The van der Waals surface area contributed by atoms with Crippen LogP contribution in [-0.2, 0) is 9.59 Å². The van der Waals surface area contributed by atoms with Crippen LogP contribution in [0.15, 0.2) is 78.4 Å². The van der Waals surface area contributed by atoms with Gasteiger partial charge in [-0.3, -0.25) is 14.5 Å². The van der Waals surface area contributed by atoms with E-state index in [1.807, 2.05) is 19.1 Å². The highest BCUT2D eigenvalue weighted by molar-refractivity contribution is 6.51. The number of hydrogen-bond donors (Lipinski definition) is 2. The number of anilines is 1. The zero-order valence-electron chi connectivity index (χ0n) is 17.1. The van der Waals surface area contributed by atoms with Crippen LogP contribution in [0.3, 0.4) is 0 Å². The van der Waals surface area contributed by atoms with Crippen LogP contribution >= 0.6 is 0 Å². The summed E-state index contributed by atoms with van der Waals surface area (Å²) in [6.07, 6.45) is 0. The number of hydrogen-bond acceptors (Lipinski definition) is 5. The molecule has 3 aromatic carbocycles. The molecule has 3 aromatic rings. The van der Waals surface area contributed by atoms with Crippen molar-refractivity contribution < 1.29 is 24.5 Å². The minimum absolute atomic E-state index is 0.00911. The zero-order chi connectivity index (χ0) is 22.1. The van der Waals surface area contributed by atoms with E-state index in [4.69, 9.17) is 4.74 Å². The van der Waals surface area contributed by atoms with Crippen molar-refractivity contribution in [2.24, 2.45) is 0 Å². The fourth-order valence-electron chi connectivity index (χ4n) is 3.91. The Labute approximate surface area is 179 Å². The molecule has 1 aliphatic heterocycles.